The molecule has 3 aromatic carbocycles. The maximum atomic E-state index is 13.8. The van der Waals surface area contributed by atoms with Crippen molar-refractivity contribution in [3.63, 3.8) is 0 Å². The first-order chi connectivity index (χ1) is 20.3. The third kappa shape index (κ3) is 6.69. The second-order valence-electron chi connectivity index (χ2n) is 11.1. The Bertz CT molecular complexity index is 1510. The number of ether oxygens (including phenoxy) is 1. The topological polar surface area (TPSA) is 92.9 Å². The lowest BCUT2D eigenvalue weighted by Gasteiger charge is -2.37. The molecule has 0 saturated carbocycles. The van der Waals surface area contributed by atoms with E-state index in [2.05, 4.69) is 25.4 Å². The highest BCUT2D eigenvalue weighted by Gasteiger charge is 2.32. The number of urea groups is 1. The van der Waals surface area contributed by atoms with Crippen LogP contribution in [-0.2, 0) is 11.3 Å². The van der Waals surface area contributed by atoms with E-state index >= 15 is 0 Å². The Morgan fingerprint density at radius 2 is 1.71 bits per heavy atom. The monoisotopic (exact) mass is 568 g/mol. The molecule has 4 aromatic rings. The van der Waals surface area contributed by atoms with E-state index in [0.29, 0.717) is 31.9 Å². The Labute approximate surface area is 247 Å². The van der Waals surface area contributed by atoms with Crippen molar-refractivity contribution in [2.24, 2.45) is 0 Å². The number of methoxy groups -OCH3 is 1. The summed E-state index contributed by atoms with van der Waals surface area (Å²) in [5.41, 5.74) is 4.88. The maximum absolute atomic E-state index is 13.8. The minimum absolute atomic E-state index is 0.238. The first-order valence-electron chi connectivity index (χ1n) is 14.4. The highest BCUT2D eigenvalue weighted by molar-refractivity contribution is 5.98. The van der Waals surface area contributed by atoms with Crippen molar-refractivity contribution in [2.75, 3.05) is 57.6 Å². The molecule has 9 nitrogen and oxygen atoms in total. The highest BCUT2D eigenvalue weighted by atomic mass is 16.5. The van der Waals surface area contributed by atoms with Crippen molar-refractivity contribution in [1.82, 2.24) is 20.1 Å². The predicted octanol–water partition coefficient (Wildman–Crippen LogP) is 4.88. The SMILES string of the molecule is COc1ccc(N2CCN(C(=O)N[C@@H](C(=O)Nc3cccc(CN(C)C)c3)[C@H](C)c3c[nH]c4ccccc34)CC2)cc1. The van der Waals surface area contributed by atoms with Crippen LogP contribution in [0, 0.1) is 0 Å². The zero-order valence-corrected chi connectivity index (χ0v) is 24.8. The Morgan fingerprint density at radius 3 is 2.43 bits per heavy atom. The number of aromatic amines is 1. The molecule has 3 amide bonds. The molecule has 0 radical (unpaired) electrons. The van der Waals surface area contributed by atoms with Gasteiger partial charge in [0.2, 0.25) is 5.91 Å². The van der Waals surface area contributed by atoms with Crippen LogP contribution in [0.1, 0.15) is 24.0 Å². The van der Waals surface area contributed by atoms with Gasteiger partial charge in [-0.25, -0.2) is 4.79 Å². The Morgan fingerprint density at radius 1 is 0.976 bits per heavy atom. The van der Waals surface area contributed by atoms with Crippen LogP contribution in [0.5, 0.6) is 5.75 Å². The molecule has 0 aliphatic carbocycles. The van der Waals surface area contributed by atoms with Gasteiger partial charge in [-0.15, -0.1) is 0 Å². The molecular formula is C33H40N6O3. The van der Waals surface area contributed by atoms with Gasteiger partial charge in [0.05, 0.1) is 7.11 Å². The number of piperazine rings is 1. The van der Waals surface area contributed by atoms with Crippen LogP contribution in [0.15, 0.2) is 79.0 Å². The largest absolute Gasteiger partial charge is 0.497 e. The van der Waals surface area contributed by atoms with Crippen molar-refractivity contribution in [1.29, 1.82) is 0 Å². The lowest BCUT2D eigenvalue weighted by atomic mass is 9.92. The first-order valence-corrected chi connectivity index (χ1v) is 14.4. The van der Waals surface area contributed by atoms with Crippen LogP contribution in [0.4, 0.5) is 16.2 Å². The van der Waals surface area contributed by atoms with Crippen LogP contribution < -0.4 is 20.3 Å². The maximum Gasteiger partial charge on any atom is 0.318 e. The van der Waals surface area contributed by atoms with Crippen LogP contribution in [0.3, 0.4) is 0 Å². The number of hydrogen-bond donors (Lipinski definition) is 3. The van der Waals surface area contributed by atoms with E-state index < -0.39 is 6.04 Å². The number of carbonyl (C=O) groups is 2. The summed E-state index contributed by atoms with van der Waals surface area (Å²) in [4.78, 5) is 36.9. The molecule has 220 valence electrons. The number of nitrogens with zero attached hydrogens (tertiary/aromatic N) is 3. The Balaban J connectivity index is 1.32. The number of carbonyl (C=O) groups excluding carboxylic acids is 2. The number of H-pyrrole nitrogens is 1. The number of rotatable bonds is 9. The van der Waals surface area contributed by atoms with Crippen molar-refractivity contribution in [3.8, 4) is 5.75 Å². The molecule has 3 N–H and O–H groups in total. The van der Waals surface area contributed by atoms with E-state index in [0.717, 1.165) is 40.0 Å². The van der Waals surface area contributed by atoms with Crippen molar-refractivity contribution in [3.05, 3.63) is 90.1 Å². The van der Waals surface area contributed by atoms with E-state index in [1.807, 2.05) is 100 Å². The van der Waals surface area contributed by atoms with Crippen molar-refractivity contribution >= 4 is 34.2 Å². The molecule has 1 aromatic heterocycles. The van der Waals surface area contributed by atoms with Crippen molar-refractivity contribution in [2.45, 2.75) is 25.4 Å². The highest BCUT2D eigenvalue weighted by Crippen LogP contribution is 2.29. The van der Waals surface area contributed by atoms with Crippen molar-refractivity contribution < 1.29 is 14.3 Å². The van der Waals surface area contributed by atoms with Gasteiger partial charge in [0.1, 0.15) is 11.8 Å². The zero-order chi connectivity index (χ0) is 29.6. The van der Waals surface area contributed by atoms with E-state index in [4.69, 9.17) is 4.74 Å². The summed E-state index contributed by atoms with van der Waals surface area (Å²) in [6.45, 7) is 5.27. The minimum Gasteiger partial charge on any atom is -0.497 e. The molecule has 2 heterocycles. The third-order valence-corrected chi connectivity index (χ3v) is 7.87. The minimum atomic E-state index is -0.783. The van der Waals surface area contributed by atoms with E-state index in [-0.39, 0.29) is 17.9 Å². The summed E-state index contributed by atoms with van der Waals surface area (Å²) >= 11 is 0. The van der Waals surface area contributed by atoms with Gasteiger partial charge in [-0.2, -0.15) is 0 Å². The van der Waals surface area contributed by atoms with Gasteiger partial charge in [-0.05, 0) is 67.7 Å². The second kappa shape index (κ2) is 13.0. The molecule has 1 aliphatic heterocycles. The molecule has 9 heteroatoms. The normalized spacial score (nSPS) is 15.0. The molecule has 0 spiro atoms. The molecule has 0 unspecified atom stereocenters. The fourth-order valence-corrected chi connectivity index (χ4v) is 5.59. The summed E-state index contributed by atoms with van der Waals surface area (Å²) in [5, 5.41) is 7.21. The summed E-state index contributed by atoms with van der Waals surface area (Å²) < 4.78 is 5.27. The molecule has 1 fully saturated rings. The lowest BCUT2D eigenvalue weighted by molar-refractivity contribution is -0.118. The molecule has 1 aliphatic rings. The number of nitrogens with one attached hydrogen (secondary N) is 3. The average Bonchev–Trinajstić information content (AvgIpc) is 3.44. The van der Waals surface area contributed by atoms with E-state index in [1.54, 1.807) is 12.0 Å². The molecule has 2 atom stereocenters. The summed E-state index contributed by atoms with van der Waals surface area (Å²) in [5.74, 6) is 0.283. The van der Waals surface area contributed by atoms with Crippen LogP contribution in [-0.4, -0.2) is 80.1 Å². The number of fused-ring (bicyclic) bond motifs is 1. The summed E-state index contributed by atoms with van der Waals surface area (Å²) in [7, 11) is 5.68. The number of anilines is 2. The van der Waals surface area contributed by atoms with Gasteiger partial charge >= 0.3 is 6.03 Å². The first kappa shape index (κ1) is 29.0. The number of para-hydroxylation sites is 1. The van der Waals surface area contributed by atoms with Gasteiger partial charge < -0.3 is 35.1 Å². The van der Waals surface area contributed by atoms with Gasteiger partial charge in [-0.3, -0.25) is 4.79 Å². The standard InChI is InChI=1S/C33H40N6O3/c1-23(29-21-34-30-11-6-5-10-28(29)30)31(32(40)35-25-9-7-8-24(20-25)22-37(2)3)36-33(41)39-18-16-38(17-19-39)26-12-14-27(42-4)15-13-26/h5-15,20-21,23,31,34H,16-19,22H2,1-4H3,(H,35,40)(H,36,41)/t23-,31-/m1/s1. The smallest absolute Gasteiger partial charge is 0.318 e. The molecule has 1 saturated heterocycles. The molecule has 5 rings (SSSR count). The third-order valence-electron chi connectivity index (χ3n) is 7.87. The number of benzene rings is 3. The van der Waals surface area contributed by atoms with Gasteiger partial charge in [0, 0.05) is 67.1 Å². The summed E-state index contributed by atoms with van der Waals surface area (Å²) in [6, 6.07) is 22.8. The quantitative estimate of drug-likeness (QED) is 0.268. The van der Waals surface area contributed by atoms with Crippen LogP contribution in [0.25, 0.3) is 10.9 Å². The molecule has 42 heavy (non-hydrogen) atoms. The van der Waals surface area contributed by atoms with Crippen LogP contribution >= 0.6 is 0 Å². The second-order valence-corrected chi connectivity index (χ2v) is 11.1. The Kier molecular flexibility index (Phi) is 8.97. The number of amides is 3. The molecular weight excluding hydrogens is 528 g/mol. The fourth-order valence-electron chi connectivity index (χ4n) is 5.59. The number of aromatic nitrogens is 1. The predicted molar refractivity (Wildman–Crippen MR) is 168 cm³/mol. The molecule has 0 bridgehead atoms. The van der Waals surface area contributed by atoms with Gasteiger partial charge in [0.25, 0.3) is 0 Å². The average molecular weight is 569 g/mol. The number of hydrogen-bond acceptors (Lipinski definition) is 5. The van der Waals surface area contributed by atoms with Gasteiger partial charge in [-0.1, -0.05) is 37.3 Å². The fraction of sp³-hybridized carbons (Fsp3) is 0.333. The summed E-state index contributed by atoms with van der Waals surface area (Å²) in [6.07, 6.45) is 1.94. The van der Waals surface area contributed by atoms with E-state index in [9.17, 15) is 9.59 Å². The van der Waals surface area contributed by atoms with Gasteiger partial charge in [0.15, 0.2) is 0 Å². The zero-order valence-electron chi connectivity index (χ0n) is 24.8. The van der Waals surface area contributed by atoms with Crippen LogP contribution in [0.2, 0.25) is 0 Å². The van der Waals surface area contributed by atoms with E-state index in [1.165, 1.54) is 0 Å². The lowest BCUT2D eigenvalue weighted by Crippen LogP contribution is -2.56. The Hall–Kier alpha value is -4.50.